The molecule has 1 aromatic rings. The van der Waals surface area contributed by atoms with E-state index < -0.39 is 0 Å². The number of benzene rings is 1. The van der Waals surface area contributed by atoms with Gasteiger partial charge in [-0.25, -0.2) is 5.90 Å². The second-order valence-corrected chi connectivity index (χ2v) is 4.57. The first kappa shape index (κ1) is 11.2. The highest BCUT2D eigenvalue weighted by Crippen LogP contribution is 2.22. The minimum Gasteiger partial charge on any atom is -0.304 e. The van der Waals surface area contributed by atoms with Crippen LogP contribution in [0.4, 0.5) is 0 Å². The average molecular weight is 193 g/mol. The zero-order valence-corrected chi connectivity index (χ0v) is 9.21. The summed E-state index contributed by atoms with van der Waals surface area (Å²) in [6.07, 6.45) is 0.876. The van der Waals surface area contributed by atoms with Crippen molar-refractivity contribution in [2.75, 3.05) is 6.61 Å². The molecule has 0 aliphatic carbocycles. The van der Waals surface area contributed by atoms with E-state index in [1.807, 2.05) is 0 Å². The lowest BCUT2D eigenvalue weighted by Gasteiger charge is -2.19. The van der Waals surface area contributed by atoms with Gasteiger partial charge in [-0.2, -0.15) is 0 Å². The highest BCUT2D eigenvalue weighted by atomic mass is 16.6. The molecule has 1 aromatic carbocycles. The topological polar surface area (TPSA) is 35.2 Å². The van der Waals surface area contributed by atoms with Crippen LogP contribution in [0.25, 0.3) is 0 Å². The van der Waals surface area contributed by atoms with Crippen molar-refractivity contribution in [1.29, 1.82) is 0 Å². The number of rotatable bonds is 3. The van der Waals surface area contributed by atoms with Crippen LogP contribution in [0, 0.1) is 0 Å². The van der Waals surface area contributed by atoms with Gasteiger partial charge >= 0.3 is 0 Å². The molecule has 0 heterocycles. The van der Waals surface area contributed by atoms with Gasteiger partial charge in [0.25, 0.3) is 0 Å². The van der Waals surface area contributed by atoms with Gasteiger partial charge in [0.2, 0.25) is 0 Å². The minimum absolute atomic E-state index is 0.225. The lowest BCUT2D eigenvalue weighted by molar-refractivity contribution is 0.141. The average Bonchev–Trinajstić information content (AvgIpc) is 2.14. The van der Waals surface area contributed by atoms with Gasteiger partial charge in [0.05, 0.1) is 6.61 Å². The van der Waals surface area contributed by atoms with Crippen LogP contribution in [0.1, 0.15) is 31.9 Å². The molecule has 0 aliphatic heterocycles. The fourth-order valence-electron chi connectivity index (χ4n) is 1.35. The van der Waals surface area contributed by atoms with Gasteiger partial charge in [-0.1, -0.05) is 45.0 Å². The molecule has 2 nitrogen and oxygen atoms in total. The molecule has 0 saturated carbocycles. The molecule has 0 radical (unpaired) electrons. The van der Waals surface area contributed by atoms with Gasteiger partial charge in [0, 0.05) is 0 Å². The molecule has 0 atom stereocenters. The number of hydrogen-bond donors (Lipinski definition) is 1. The summed E-state index contributed by atoms with van der Waals surface area (Å²) in [5.41, 5.74) is 2.85. The molecule has 14 heavy (non-hydrogen) atoms. The van der Waals surface area contributed by atoms with Crippen molar-refractivity contribution in [2.45, 2.75) is 32.6 Å². The molecule has 2 heteroatoms. The smallest absolute Gasteiger partial charge is 0.0719 e. The highest BCUT2D eigenvalue weighted by Gasteiger charge is 2.12. The molecular formula is C12H19NO. The molecule has 0 aromatic heterocycles. The summed E-state index contributed by atoms with van der Waals surface area (Å²) in [6, 6.07) is 8.62. The van der Waals surface area contributed by atoms with Crippen molar-refractivity contribution in [1.82, 2.24) is 0 Å². The van der Waals surface area contributed by atoms with E-state index in [9.17, 15) is 0 Å². The van der Waals surface area contributed by atoms with Crippen molar-refractivity contribution < 1.29 is 4.84 Å². The fourth-order valence-corrected chi connectivity index (χ4v) is 1.35. The van der Waals surface area contributed by atoms with E-state index in [4.69, 9.17) is 5.90 Å². The van der Waals surface area contributed by atoms with Crippen molar-refractivity contribution in [3.8, 4) is 0 Å². The third-order valence-corrected chi connectivity index (χ3v) is 2.33. The molecule has 0 fully saturated rings. The zero-order chi connectivity index (χ0) is 10.6. The van der Waals surface area contributed by atoms with Gasteiger partial charge in [-0.15, -0.1) is 0 Å². The molecular weight excluding hydrogens is 174 g/mol. The first-order valence-corrected chi connectivity index (χ1v) is 4.95. The largest absolute Gasteiger partial charge is 0.304 e. The predicted molar refractivity (Wildman–Crippen MR) is 59.0 cm³/mol. The number of nitrogens with two attached hydrogens (primary N) is 1. The van der Waals surface area contributed by atoms with E-state index in [1.165, 1.54) is 11.1 Å². The summed E-state index contributed by atoms with van der Waals surface area (Å²) in [5.74, 6) is 4.98. The summed E-state index contributed by atoms with van der Waals surface area (Å²) in [5, 5.41) is 0. The van der Waals surface area contributed by atoms with E-state index in [2.05, 4.69) is 49.9 Å². The van der Waals surface area contributed by atoms with Gasteiger partial charge in [0.1, 0.15) is 0 Å². The van der Waals surface area contributed by atoms with Crippen LogP contribution in [0.5, 0.6) is 0 Å². The van der Waals surface area contributed by atoms with Gasteiger partial charge in [0.15, 0.2) is 0 Å². The standard InChI is InChI=1S/C12H19NO/c1-12(2,3)11-6-4-10(5-7-11)8-9-14-13/h4-7H,8-9,13H2,1-3H3. The Bertz CT molecular complexity index is 271. The Kier molecular flexibility index (Phi) is 3.67. The second kappa shape index (κ2) is 4.58. The van der Waals surface area contributed by atoms with E-state index in [1.54, 1.807) is 0 Å². The van der Waals surface area contributed by atoms with Crippen LogP contribution in [0.15, 0.2) is 24.3 Å². The Hall–Kier alpha value is -0.860. The molecule has 2 N–H and O–H groups in total. The van der Waals surface area contributed by atoms with Crippen molar-refractivity contribution >= 4 is 0 Å². The summed E-state index contributed by atoms with van der Waals surface area (Å²) >= 11 is 0. The molecule has 0 spiro atoms. The maximum atomic E-state index is 4.98. The van der Waals surface area contributed by atoms with Gasteiger partial charge in [-0.05, 0) is 23.0 Å². The van der Waals surface area contributed by atoms with Crippen LogP contribution in [0.2, 0.25) is 0 Å². The van der Waals surface area contributed by atoms with E-state index in [-0.39, 0.29) is 5.41 Å². The summed E-state index contributed by atoms with van der Waals surface area (Å²) in [7, 11) is 0. The Balaban J connectivity index is 2.69. The fraction of sp³-hybridized carbons (Fsp3) is 0.500. The zero-order valence-electron chi connectivity index (χ0n) is 9.21. The van der Waals surface area contributed by atoms with E-state index in [0.717, 1.165) is 6.42 Å². The monoisotopic (exact) mass is 193 g/mol. The Morgan fingerprint density at radius 3 is 2.14 bits per heavy atom. The highest BCUT2D eigenvalue weighted by molar-refractivity contribution is 5.27. The van der Waals surface area contributed by atoms with Crippen LogP contribution < -0.4 is 5.90 Å². The third-order valence-electron chi connectivity index (χ3n) is 2.33. The first-order chi connectivity index (χ1) is 6.54. The Morgan fingerprint density at radius 1 is 1.14 bits per heavy atom. The maximum Gasteiger partial charge on any atom is 0.0719 e. The van der Waals surface area contributed by atoms with E-state index in [0.29, 0.717) is 6.61 Å². The quantitative estimate of drug-likeness (QED) is 0.748. The Labute approximate surface area is 86.0 Å². The lowest BCUT2D eigenvalue weighted by atomic mass is 9.86. The SMILES string of the molecule is CC(C)(C)c1ccc(CCON)cc1. The van der Waals surface area contributed by atoms with Crippen molar-refractivity contribution in [2.24, 2.45) is 5.90 Å². The summed E-state index contributed by atoms with van der Waals surface area (Å²) < 4.78 is 0. The van der Waals surface area contributed by atoms with E-state index >= 15 is 0 Å². The van der Waals surface area contributed by atoms with Crippen LogP contribution in [0.3, 0.4) is 0 Å². The van der Waals surface area contributed by atoms with Crippen molar-refractivity contribution in [3.63, 3.8) is 0 Å². The maximum absolute atomic E-state index is 4.98. The molecule has 1 rings (SSSR count). The molecule has 0 bridgehead atoms. The van der Waals surface area contributed by atoms with Gasteiger partial charge in [-0.3, -0.25) is 0 Å². The molecule has 0 unspecified atom stereocenters. The second-order valence-electron chi connectivity index (χ2n) is 4.57. The summed E-state index contributed by atoms with van der Waals surface area (Å²) in [6.45, 7) is 7.22. The third kappa shape index (κ3) is 3.13. The van der Waals surface area contributed by atoms with Crippen LogP contribution in [-0.4, -0.2) is 6.61 Å². The Morgan fingerprint density at radius 2 is 1.71 bits per heavy atom. The van der Waals surface area contributed by atoms with Crippen molar-refractivity contribution in [3.05, 3.63) is 35.4 Å². The molecule has 0 aliphatic rings. The lowest BCUT2D eigenvalue weighted by Crippen LogP contribution is -2.11. The molecule has 0 saturated heterocycles. The van der Waals surface area contributed by atoms with Crippen LogP contribution in [-0.2, 0) is 16.7 Å². The normalized spacial score (nSPS) is 11.7. The molecule has 0 amide bonds. The predicted octanol–water partition coefficient (Wildman–Crippen LogP) is 2.42. The first-order valence-electron chi connectivity index (χ1n) is 4.95. The molecule has 78 valence electrons. The van der Waals surface area contributed by atoms with Crippen LogP contribution >= 0.6 is 0 Å². The summed E-state index contributed by atoms with van der Waals surface area (Å²) in [4.78, 5) is 4.54. The van der Waals surface area contributed by atoms with Gasteiger partial charge < -0.3 is 4.84 Å². The minimum atomic E-state index is 0.225. The number of hydrogen-bond acceptors (Lipinski definition) is 2.